The van der Waals surface area contributed by atoms with Gasteiger partial charge in [0.25, 0.3) is 0 Å². The first kappa shape index (κ1) is 13.6. The van der Waals surface area contributed by atoms with Crippen molar-refractivity contribution < 1.29 is 9.94 Å². The minimum atomic E-state index is -0.313. The Morgan fingerprint density at radius 1 is 1.27 bits per heavy atom. The third kappa shape index (κ3) is 1.85. The number of fused-ring (bicyclic) bond motifs is 1. The Labute approximate surface area is 129 Å². The molecule has 3 heterocycles. The molecule has 4 rings (SSSR count). The normalized spacial score (nSPS) is 29.8. The second kappa shape index (κ2) is 5.02. The quantitative estimate of drug-likeness (QED) is 0.395. The molecule has 1 saturated heterocycles. The van der Waals surface area contributed by atoms with Crippen LogP contribution in [0.1, 0.15) is 24.8 Å². The van der Waals surface area contributed by atoms with Crippen LogP contribution < -0.4 is 5.73 Å². The summed E-state index contributed by atoms with van der Waals surface area (Å²) in [5.74, 6) is 1.38. The number of oxime groups is 1. The molecule has 1 aliphatic carbocycles. The third-order valence-corrected chi connectivity index (χ3v) is 5.46. The number of nitrogens with two attached hydrogens (primary N) is 1. The van der Waals surface area contributed by atoms with Gasteiger partial charge < -0.3 is 20.1 Å². The Morgan fingerprint density at radius 2 is 2.09 bits per heavy atom. The van der Waals surface area contributed by atoms with E-state index in [4.69, 9.17) is 10.5 Å². The van der Waals surface area contributed by atoms with Gasteiger partial charge >= 0.3 is 0 Å². The number of pyridine rings is 1. The van der Waals surface area contributed by atoms with E-state index in [1.807, 2.05) is 18.3 Å². The second-order valence-electron chi connectivity index (χ2n) is 6.44. The topological polar surface area (TPSA) is 72.2 Å². The van der Waals surface area contributed by atoms with Crippen LogP contribution in [0.4, 0.5) is 0 Å². The van der Waals surface area contributed by atoms with Gasteiger partial charge in [-0.05, 0) is 54.9 Å². The summed E-state index contributed by atoms with van der Waals surface area (Å²) in [6.45, 7) is 1.65. The maximum absolute atomic E-state index is 9.33. The molecule has 2 aliphatic rings. The highest BCUT2D eigenvalue weighted by molar-refractivity contribution is 5.97. The van der Waals surface area contributed by atoms with E-state index in [0.717, 1.165) is 38.0 Å². The Hall–Kier alpha value is -2.01. The summed E-state index contributed by atoms with van der Waals surface area (Å²) in [4.78, 5) is 0. The van der Waals surface area contributed by atoms with Crippen molar-refractivity contribution in [3.05, 3.63) is 42.2 Å². The summed E-state index contributed by atoms with van der Waals surface area (Å²) in [5, 5.41) is 12.7. The third-order valence-electron chi connectivity index (χ3n) is 5.46. The molecular formula is C17H21N3O2. The molecule has 116 valence electrons. The van der Waals surface area contributed by atoms with Gasteiger partial charge in [-0.3, -0.25) is 0 Å². The zero-order valence-electron chi connectivity index (χ0n) is 12.5. The Kier molecular flexibility index (Phi) is 3.11. The minimum Gasteiger partial charge on any atom is -0.409 e. The maximum Gasteiger partial charge on any atom is 0.150 e. The minimum absolute atomic E-state index is 0.313. The van der Waals surface area contributed by atoms with Crippen LogP contribution in [0.2, 0.25) is 0 Å². The lowest BCUT2D eigenvalue weighted by Crippen LogP contribution is -2.33. The first-order valence-corrected chi connectivity index (χ1v) is 7.89. The van der Waals surface area contributed by atoms with E-state index >= 15 is 0 Å². The largest absolute Gasteiger partial charge is 0.409 e. The summed E-state index contributed by atoms with van der Waals surface area (Å²) in [6.07, 6.45) is 7.18. The number of hydrogen-bond donors (Lipinski definition) is 2. The molecule has 0 amide bonds. The molecule has 0 radical (unpaired) electrons. The van der Waals surface area contributed by atoms with Crippen LogP contribution in [0, 0.1) is 11.8 Å². The van der Waals surface area contributed by atoms with Crippen molar-refractivity contribution in [2.75, 3.05) is 13.2 Å². The monoisotopic (exact) mass is 299 g/mol. The van der Waals surface area contributed by atoms with Gasteiger partial charge in [0.1, 0.15) is 5.84 Å². The zero-order chi connectivity index (χ0) is 15.2. The van der Waals surface area contributed by atoms with E-state index in [-0.39, 0.29) is 5.41 Å². The van der Waals surface area contributed by atoms with E-state index in [0.29, 0.717) is 17.7 Å². The van der Waals surface area contributed by atoms with Crippen LogP contribution in [0.3, 0.4) is 0 Å². The first-order chi connectivity index (χ1) is 10.8. The first-order valence-electron chi connectivity index (χ1n) is 7.89. The average Bonchev–Trinajstić information content (AvgIpc) is 3.19. The van der Waals surface area contributed by atoms with E-state index in [9.17, 15) is 5.21 Å². The van der Waals surface area contributed by atoms with Crippen LogP contribution in [-0.2, 0) is 10.2 Å². The number of aromatic nitrogens is 1. The van der Waals surface area contributed by atoms with Gasteiger partial charge in [-0.25, -0.2) is 0 Å². The van der Waals surface area contributed by atoms with Crippen molar-refractivity contribution in [3.63, 3.8) is 0 Å². The van der Waals surface area contributed by atoms with E-state index in [1.54, 1.807) is 0 Å². The second-order valence-corrected chi connectivity index (χ2v) is 6.44. The van der Waals surface area contributed by atoms with E-state index < -0.39 is 0 Å². The Morgan fingerprint density at radius 3 is 2.86 bits per heavy atom. The van der Waals surface area contributed by atoms with Crippen molar-refractivity contribution in [2.45, 2.75) is 24.7 Å². The van der Waals surface area contributed by atoms with Crippen molar-refractivity contribution >= 4 is 11.4 Å². The highest BCUT2D eigenvalue weighted by Gasteiger charge is 2.62. The van der Waals surface area contributed by atoms with Crippen LogP contribution >= 0.6 is 0 Å². The molecule has 1 aliphatic heterocycles. The fourth-order valence-electron chi connectivity index (χ4n) is 4.24. The summed E-state index contributed by atoms with van der Waals surface area (Å²) < 4.78 is 7.58. The number of rotatable bonds is 3. The van der Waals surface area contributed by atoms with Gasteiger partial charge in [0, 0.05) is 31.1 Å². The van der Waals surface area contributed by atoms with E-state index in [1.165, 1.54) is 5.56 Å². The SMILES string of the molecule is NC(=NO)C1(c2ccn3ccccc23)CC1C1CCOCC1. The molecule has 2 aromatic rings. The number of hydrogen-bond acceptors (Lipinski definition) is 3. The molecule has 0 spiro atoms. The molecule has 2 unspecified atom stereocenters. The molecule has 0 aromatic carbocycles. The van der Waals surface area contributed by atoms with Crippen molar-refractivity contribution in [1.29, 1.82) is 0 Å². The molecule has 2 fully saturated rings. The number of ether oxygens (including phenoxy) is 1. The molecule has 0 bridgehead atoms. The van der Waals surface area contributed by atoms with Crippen molar-refractivity contribution in [1.82, 2.24) is 4.40 Å². The lowest BCUT2D eigenvalue weighted by atomic mass is 9.84. The van der Waals surface area contributed by atoms with E-state index in [2.05, 4.69) is 27.9 Å². The predicted octanol–water partition coefficient (Wildman–Crippen LogP) is 2.37. The fourth-order valence-corrected chi connectivity index (χ4v) is 4.24. The molecule has 2 atom stereocenters. The maximum atomic E-state index is 9.33. The summed E-state index contributed by atoms with van der Waals surface area (Å²) in [5.41, 5.74) is 8.16. The van der Waals surface area contributed by atoms with Crippen molar-refractivity contribution in [3.8, 4) is 0 Å². The Bertz CT molecular complexity index is 718. The number of nitrogens with zero attached hydrogens (tertiary/aromatic N) is 2. The van der Waals surface area contributed by atoms with Gasteiger partial charge in [0.2, 0.25) is 0 Å². The lowest BCUT2D eigenvalue weighted by molar-refractivity contribution is 0.0584. The summed E-state index contributed by atoms with van der Waals surface area (Å²) in [7, 11) is 0. The molecule has 1 saturated carbocycles. The summed E-state index contributed by atoms with van der Waals surface area (Å²) >= 11 is 0. The van der Waals surface area contributed by atoms with Gasteiger partial charge in [0.15, 0.2) is 0 Å². The molecule has 5 nitrogen and oxygen atoms in total. The average molecular weight is 299 g/mol. The molecular weight excluding hydrogens is 278 g/mol. The standard InChI is InChI=1S/C17H21N3O2/c18-16(19-21)17(11-14(17)12-5-9-22-10-6-12)13-4-8-20-7-2-1-3-15(13)20/h1-4,7-8,12,14,21H,5-6,9-11H2,(H2,18,19). The zero-order valence-corrected chi connectivity index (χ0v) is 12.5. The molecule has 2 aromatic heterocycles. The Balaban J connectivity index is 1.77. The molecule has 3 N–H and O–H groups in total. The lowest BCUT2D eigenvalue weighted by Gasteiger charge is -2.25. The van der Waals surface area contributed by atoms with Crippen LogP contribution in [0.25, 0.3) is 5.52 Å². The number of amidine groups is 1. The molecule has 5 heteroatoms. The van der Waals surface area contributed by atoms with Crippen LogP contribution in [-0.4, -0.2) is 28.7 Å². The van der Waals surface area contributed by atoms with Crippen molar-refractivity contribution in [2.24, 2.45) is 22.7 Å². The van der Waals surface area contributed by atoms with Gasteiger partial charge in [-0.1, -0.05) is 11.2 Å². The highest BCUT2D eigenvalue weighted by Crippen LogP contribution is 2.60. The fraction of sp³-hybridized carbons (Fsp3) is 0.471. The molecule has 22 heavy (non-hydrogen) atoms. The van der Waals surface area contributed by atoms with Gasteiger partial charge in [-0.2, -0.15) is 0 Å². The van der Waals surface area contributed by atoms with Gasteiger partial charge in [-0.15, -0.1) is 0 Å². The summed E-state index contributed by atoms with van der Waals surface area (Å²) in [6, 6.07) is 8.26. The predicted molar refractivity (Wildman–Crippen MR) is 84.1 cm³/mol. The highest BCUT2D eigenvalue weighted by atomic mass is 16.5. The van der Waals surface area contributed by atoms with Crippen LogP contribution in [0.15, 0.2) is 41.8 Å². The smallest absolute Gasteiger partial charge is 0.150 e. The van der Waals surface area contributed by atoms with Gasteiger partial charge in [0.05, 0.1) is 5.41 Å². The van der Waals surface area contributed by atoms with Crippen LogP contribution in [0.5, 0.6) is 0 Å².